The summed E-state index contributed by atoms with van der Waals surface area (Å²) in [5.41, 5.74) is 2.47. The predicted molar refractivity (Wildman–Crippen MR) is 107 cm³/mol. The van der Waals surface area contributed by atoms with E-state index in [-0.39, 0.29) is 11.7 Å². The van der Waals surface area contributed by atoms with E-state index in [9.17, 15) is 9.18 Å². The van der Waals surface area contributed by atoms with Crippen LogP contribution in [0.2, 0.25) is 0 Å². The van der Waals surface area contributed by atoms with Gasteiger partial charge in [0.2, 0.25) is 5.91 Å². The summed E-state index contributed by atoms with van der Waals surface area (Å²) in [7, 11) is 0. The molecule has 142 valence electrons. The second kappa shape index (κ2) is 7.80. The smallest absolute Gasteiger partial charge is 0.234 e. The minimum atomic E-state index is -0.139. The molecular formula is C21H23FN2O2S. The molecule has 0 atom stereocenters. The number of carbonyl (C=O) groups is 1. The van der Waals surface area contributed by atoms with Crippen LogP contribution in [0.5, 0.6) is 5.75 Å². The standard InChI is InChI=1S/C21H23FN2O2S/c1-14-5-6-18(16(22)11-14)24-9-7-15(8-10-24)12-26-19-4-2-3-17-21(19)27-13-20(25)23-17/h2-6,11,15H,7-10,12-13H2,1H3,(H,23,25). The monoisotopic (exact) mass is 386 g/mol. The molecule has 0 radical (unpaired) electrons. The van der Waals surface area contributed by atoms with E-state index >= 15 is 0 Å². The lowest BCUT2D eigenvalue weighted by molar-refractivity contribution is -0.113. The molecule has 0 spiro atoms. The summed E-state index contributed by atoms with van der Waals surface area (Å²) < 4.78 is 20.3. The van der Waals surface area contributed by atoms with Crippen molar-refractivity contribution in [2.45, 2.75) is 24.7 Å². The number of halogens is 1. The van der Waals surface area contributed by atoms with Gasteiger partial charge in [0.15, 0.2) is 0 Å². The van der Waals surface area contributed by atoms with Crippen LogP contribution in [0, 0.1) is 18.7 Å². The molecule has 1 amide bonds. The van der Waals surface area contributed by atoms with Gasteiger partial charge < -0.3 is 15.0 Å². The zero-order valence-corrected chi connectivity index (χ0v) is 16.2. The minimum absolute atomic E-state index is 0.0281. The second-order valence-corrected chi connectivity index (χ2v) is 8.15. The van der Waals surface area contributed by atoms with Gasteiger partial charge in [-0.25, -0.2) is 4.39 Å². The van der Waals surface area contributed by atoms with Crippen molar-refractivity contribution < 1.29 is 13.9 Å². The Bertz CT molecular complexity index is 850. The lowest BCUT2D eigenvalue weighted by atomic mass is 9.97. The second-order valence-electron chi connectivity index (χ2n) is 7.17. The summed E-state index contributed by atoms with van der Waals surface area (Å²) in [6, 6.07) is 11.2. The number of amides is 1. The van der Waals surface area contributed by atoms with Crippen molar-refractivity contribution in [3.63, 3.8) is 0 Å². The zero-order chi connectivity index (χ0) is 18.8. The average Bonchev–Trinajstić information content (AvgIpc) is 2.66. The molecule has 4 rings (SSSR count). The minimum Gasteiger partial charge on any atom is -0.492 e. The highest BCUT2D eigenvalue weighted by molar-refractivity contribution is 8.00. The predicted octanol–water partition coefficient (Wildman–Crippen LogP) is 4.47. The number of aryl methyl sites for hydroxylation is 1. The van der Waals surface area contributed by atoms with E-state index in [0.717, 1.165) is 47.8 Å². The van der Waals surface area contributed by atoms with Crippen molar-refractivity contribution in [2.24, 2.45) is 5.92 Å². The van der Waals surface area contributed by atoms with E-state index in [0.29, 0.717) is 24.0 Å². The third-order valence-electron chi connectivity index (χ3n) is 5.13. The Hall–Kier alpha value is -2.21. The van der Waals surface area contributed by atoms with Gasteiger partial charge in [-0.1, -0.05) is 12.1 Å². The van der Waals surface area contributed by atoms with E-state index in [1.54, 1.807) is 6.07 Å². The molecule has 1 fully saturated rings. The van der Waals surface area contributed by atoms with E-state index in [1.807, 2.05) is 37.3 Å². The molecule has 0 unspecified atom stereocenters. The van der Waals surface area contributed by atoms with Crippen LogP contribution in [0.25, 0.3) is 0 Å². The van der Waals surface area contributed by atoms with Gasteiger partial charge in [-0.15, -0.1) is 11.8 Å². The maximum atomic E-state index is 14.2. The Morgan fingerprint density at radius 1 is 1.26 bits per heavy atom. The van der Waals surface area contributed by atoms with Crippen molar-refractivity contribution in [3.05, 3.63) is 47.8 Å². The van der Waals surface area contributed by atoms with Crippen LogP contribution in [0.3, 0.4) is 0 Å². The molecule has 0 saturated carbocycles. The average molecular weight is 386 g/mol. The van der Waals surface area contributed by atoms with Gasteiger partial charge in [0, 0.05) is 13.1 Å². The highest BCUT2D eigenvalue weighted by Gasteiger charge is 2.23. The van der Waals surface area contributed by atoms with Crippen LogP contribution in [-0.4, -0.2) is 31.4 Å². The molecule has 2 aliphatic heterocycles. The Morgan fingerprint density at radius 3 is 2.85 bits per heavy atom. The van der Waals surface area contributed by atoms with Crippen LogP contribution in [0.15, 0.2) is 41.3 Å². The molecule has 1 N–H and O–H groups in total. The SMILES string of the molecule is Cc1ccc(N2CCC(COc3cccc4c3SCC(=O)N4)CC2)c(F)c1. The number of thioether (sulfide) groups is 1. The quantitative estimate of drug-likeness (QED) is 0.842. The molecule has 2 aliphatic rings. The van der Waals surface area contributed by atoms with Gasteiger partial charge >= 0.3 is 0 Å². The fourth-order valence-corrected chi connectivity index (χ4v) is 4.51. The topological polar surface area (TPSA) is 41.6 Å². The number of nitrogens with one attached hydrogen (secondary N) is 1. The lowest BCUT2D eigenvalue weighted by Gasteiger charge is -2.34. The molecule has 2 aromatic carbocycles. The normalized spacial score (nSPS) is 17.4. The first-order valence-electron chi connectivity index (χ1n) is 9.30. The van der Waals surface area contributed by atoms with Crippen LogP contribution in [-0.2, 0) is 4.79 Å². The van der Waals surface area contributed by atoms with Gasteiger partial charge in [-0.05, 0) is 55.5 Å². The number of carbonyl (C=O) groups excluding carboxylic acids is 1. The maximum Gasteiger partial charge on any atom is 0.234 e. The largest absolute Gasteiger partial charge is 0.492 e. The molecule has 2 aromatic rings. The number of anilines is 2. The molecule has 6 heteroatoms. The molecular weight excluding hydrogens is 363 g/mol. The van der Waals surface area contributed by atoms with Crippen molar-refractivity contribution in [1.29, 1.82) is 0 Å². The number of piperidine rings is 1. The Kier molecular flexibility index (Phi) is 5.25. The summed E-state index contributed by atoms with van der Waals surface area (Å²) in [6.45, 7) is 4.23. The first-order chi connectivity index (χ1) is 13.1. The van der Waals surface area contributed by atoms with Gasteiger partial charge in [0.25, 0.3) is 0 Å². The molecule has 4 nitrogen and oxygen atoms in total. The van der Waals surface area contributed by atoms with Crippen LogP contribution < -0.4 is 15.0 Å². The molecule has 27 heavy (non-hydrogen) atoms. The summed E-state index contributed by atoms with van der Waals surface area (Å²) >= 11 is 1.52. The van der Waals surface area contributed by atoms with E-state index in [2.05, 4.69) is 10.2 Å². The lowest BCUT2D eigenvalue weighted by Crippen LogP contribution is -2.36. The Morgan fingerprint density at radius 2 is 2.07 bits per heavy atom. The zero-order valence-electron chi connectivity index (χ0n) is 15.3. The van der Waals surface area contributed by atoms with Gasteiger partial charge in [0.05, 0.1) is 28.6 Å². The van der Waals surface area contributed by atoms with E-state index in [1.165, 1.54) is 11.8 Å². The summed E-state index contributed by atoms with van der Waals surface area (Å²) in [4.78, 5) is 14.7. The Balaban J connectivity index is 1.34. The van der Waals surface area contributed by atoms with Crippen LogP contribution in [0.1, 0.15) is 18.4 Å². The van der Waals surface area contributed by atoms with Crippen molar-refractivity contribution in [1.82, 2.24) is 0 Å². The highest BCUT2D eigenvalue weighted by Crippen LogP contribution is 2.39. The molecule has 0 aromatic heterocycles. The number of benzene rings is 2. The number of fused-ring (bicyclic) bond motifs is 1. The fourth-order valence-electron chi connectivity index (χ4n) is 3.62. The van der Waals surface area contributed by atoms with Gasteiger partial charge in [-0.2, -0.15) is 0 Å². The van der Waals surface area contributed by atoms with Crippen LogP contribution in [0.4, 0.5) is 15.8 Å². The summed E-state index contributed by atoms with van der Waals surface area (Å²) in [5.74, 6) is 1.60. The molecule has 0 aliphatic carbocycles. The number of hydrogen-bond acceptors (Lipinski definition) is 4. The molecule has 2 heterocycles. The maximum absolute atomic E-state index is 14.2. The van der Waals surface area contributed by atoms with Crippen molar-refractivity contribution >= 4 is 29.0 Å². The number of nitrogens with zero attached hydrogens (tertiary/aromatic N) is 1. The van der Waals surface area contributed by atoms with E-state index < -0.39 is 0 Å². The highest BCUT2D eigenvalue weighted by atomic mass is 32.2. The number of hydrogen-bond donors (Lipinski definition) is 1. The third kappa shape index (κ3) is 4.05. The number of rotatable bonds is 4. The van der Waals surface area contributed by atoms with Gasteiger partial charge in [0.1, 0.15) is 11.6 Å². The van der Waals surface area contributed by atoms with Crippen LogP contribution >= 0.6 is 11.8 Å². The fraction of sp³-hybridized carbons (Fsp3) is 0.381. The van der Waals surface area contributed by atoms with Crippen molar-refractivity contribution in [2.75, 3.05) is 35.7 Å². The first-order valence-corrected chi connectivity index (χ1v) is 10.3. The van der Waals surface area contributed by atoms with Gasteiger partial charge in [-0.3, -0.25) is 4.79 Å². The number of ether oxygens (including phenoxy) is 1. The first kappa shape index (κ1) is 18.2. The summed E-state index contributed by atoms with van der Waals surface area (Å²) in [5, 5.41) is 2.89. The molecule has 1 saturated heterocycles. The summed E-state index contributed by atoms with van der Waals surface area (Å²) in [6.07, 6.45) is 1.96. The van der Waals surface area contributed by atoms with E-state index in [4.69, 9.17) is 4.74 Å². The molecule has 0 bridgehead atoms. The Labute approximate surface area is 163 Å². The third-order valence-corrected chi connectivity index (χ3v) is 6.25. The van der Waals surface area contributed by atoms with Crippen molar-refractivity contribution in [3.8, 4) is 5.75 Å².